The van der Waals surface area contributed by atoms with Gasteiger partial charge in [0.2, 0.25) is 0 Å². The van der Waals surface area contributed by atoms with Crippen molar-refractivity contribution >= 4 is 22.6 Å². The Balaban J connectivity index is 1.84. The van der Waals surface area contributed by atoms with Crippen molar-refractivity contribution in [1.82, 2.24) is 24.6 Å². The Hall–Kier alpha value is -2.73. The molecular formula is C22H25ClN6O2. The van der Waals surface area contributed by atoms with Gasteiger partial charge in [-0.05, 0) is 26.8 Å². The van der Waals surface area contributed by atoms with E-state index >= 15 is 0 Å². The van der Waals surface area contributed by atoms with E-state index in [0.717, 1.165) is 46.6 Å². The molecule has 1 fully saturated rings. The highest BCUT2D eigenvalue weighted by Crippen LogP contribution is 2.44. The number of nitrogens with zero attached hydrogens (tertiary/aromatic N) is 6. The van der Waals surface area contributed by atoms with Gasteiger partial charge in [-0.25, -0.2) is 14.6 Å². The summed E-state index contributed by atoms with van der Waals surface area (Å²) >= 11 is 6.58. The molecule has 1 N–H and O–H groups in total. The number of likely N-dealkylation sites (tertiary alicyclic amines) is 1. The summed E-state index contributed by atoms with van der Waals surface area (Å²) in [7, 11) is 1.62. The number of methoxy groups -OCH3 is 1. The third kappa shape index (κ3) is 3.53. The van der Waals surface area contributed by atoms with Crippen molar-refractivity contribution in [3.8, 4) is 11.8 Å². The highest BCUT2D eigenvalue weighted by molar-refractivity contribution is 6.32. The number of aromatic nitrogens is 4. The minimum Gasteiger partial charge on any atom is -0.496 e. The summed E-state index contributed by atoms with van der Waals surface area (Å²) in [5.74, 6) is 0.774. The quantitative estimate of drug-likeness (QED) is 0.628. The summed E-state index contributed by atoms with van der Waals surface area (Å²) in [4.78, 5) is 10.9. The number of aryl methyl sites for hydroxylation is 2. The molecule has 1 aliphatic rings. The monoisotopic (exact) mass is 440 g/mol. The molecule has 3 heterocycles. The number of ether oxygens (including phenoxy) is 1. The molecule has 1 unspecified atom stereocenters. The van der Waals surface area contributed by atoms with Gasteiger partial charge in [0.15, 0.2) is 5.65 Å². The van der Waals surface area contributed by atoms with Crippen LogP contribution in [0.3, 0.4) is 0 Å². The summed E-state index contributed by atoms with van der Waals surface area (Å²) in [6.45, 7) is 8.13. The van der Waals surface area contributed by atoms with Crippen LogP contribution in [-0.4, -0.2) is 63.1 Å². The third-order valence-corrected chi connectivity index (χ3v) is 6.36. The number of rotatable bonds is 6. The van der Waals surface area contributed by atoms with Crippen LogP contribution in [0.5, 0.6) is 5.75 Å². The van der Waals surface area contributed by atoms with Gasteiger partial charge in [-0.2, -0.15) is 10.4 Å². The molecular weight excluding hydrogens is 416 g/mol. The largest absolute Gasteiger partial charge is 0.496 e. The van der Waals surface area contributed by atoms with Gasteiger partial charge in [-0.3, -0.25) is 4.90 Å². The lowest BCUT2D eigenvalue weighted by Gasteiger charge is -2.40. The first-order valence-corrected chi connectivity index (χ1v) is 10.6. The van der Waals surface area contributed by atoms with E-state index < -0.39 is 0 Å². The Bertz CT molecular complexity index is 1180. The van der Waals surface area contributed by atoms with Gasteiger partial charge in [0, 0.05) is 36.7 Å². The predicted molar refractivity (Wildman–Crippen MR) is 118 cm³/mol. The number of aliphatic hydroxyl groups is 1. The second kappa shape index (κ2) is 8.42. The lowest BCUT2D eigenvalue weighted by Crippen LogP contribution is -2.46. The molecule has 0 amide bonds. The fourth-order valence-electron chi connectivity index (χ4n) is 4.51. The Morgan fingerprint density at radius 3 is 2.71 bits per heavy atom. The molecule has 3 aromatic rings. The van der Waals surface area contributed by atoms with Crippen molar-refractivity contribution in [2.45, 2.75) is 32.7 Å². The van der Waals surface area contributed by atoms with Crippen molar-refractivity contribution < 1.29 is 9.84 Å². The summed E-state index contributed by atoms with van der Waals surface area (Å²) in [6.07, 6.45) is 1.54. The summed E-state index contributed by atoms with van der Waals surface area (Å²) in [5, 5.41) is 25.1. The van der Waals surface area contributed by atoms with Gasteiger partial charge in [-0.1, -0.05) is 11.6 Å². The maximum atomic E-state index is 9.80. The van der Waals surface area contributed by atoms with Crippen molar-refractivity contribution in [3.63, 3.8) is 0 Å². The van der Waals surface area contributed by atoms with Crippen LogP contribution in [0, 0.1) is 25.2 Å². The normalized spacial score (nSPS) is 15.6. The molecule has 31 heavy (non-hydrogen) atoms. The molecule has 1 aliphatic heterocycles. The number of benzene rings is 1. The zero-order valence-corrected chi connectivity index (χ0v) is 18.8. The van der Waals surface area contributed by atoms with E-state index in [9.17, 15) is 10.4 Å². The van der Waals surface area contributed by atoms with Crippen LogP contribution in [0.4, 0.5) is 0 Å². The molecule has 1 saturated heterocycles. The lowest BCUT2D eigenvalue weighted by atomic mass is 9.85. The maximum Gasteiger partial charge on any atom is 0.162 e. The third-order valence-electron chi connectivity index (χ3n) is 6.07. The van der Waals surface area contributed by atoms with Gasteiger partial charge < -0.3 is 9.84 Å². The first-order chi connectivity index (χ1) is 14.9. The number of nitriles is 1. The number of halogens is 1. The maximum absolute atomic E-state index is 9.80. The second-order valence-corrected chi connectivity index (χ2v) is 8.33. The van der Waals surface area contributed by atoms with Crippen molar-refractivity contribution in [2.75, 3.05) is 33.4 Å². The van der Waals surface area contributed by atoms with E-state index in [4.69, 9.17) is 21.4 Å². The van der Waals surface area contributed by atoms with Crippen LogP contribution >= 0.6 is 11.6 Å². The molecule has 4 rings (SSSR count). The Labute approximate surface area is 186 Å². The van der Waals surface area contributed by atoms with Gasteiger partial charge in [-0.15, -0.1) is 0 Å². The minimum absolute atomic E-state index is 0.111. The molecule has 0 aliphatic carbocycles. The first kappa shape index (κ1) is 21.5. The zero-order chi connectivity index (χ0) is 22.3. The molecule has 0 spiro atoms. The number of β-amino-alcohol motifs (C(OH)–C–C–N with tert-alkyl or cyclic N) is 1. The summed E-state index contributed by atoms with van der Waals surface area (Å²) in [5.41, 5.74) is 4.61. The average Bonchev–Trinajstić information content (AvgIpc) is 3.07. The molecule has 0 saturated carbocycles. The van der Waals surface area contributed by atoms with Crippen LogP contribution in [-0.2, 0) is 0 Å². The molecule has 0 bridgehead atoms. The van der Waals surface area contributed by atoms with E-state index in [1.165, 1.54) is 0 Å². The van der Waals surface area contributed by atoms with Gasteiger partial charge in [0.05, 0.1) is 47.1 Å². The van der Waals surface area contributed by atoms with Crippen LogP contribution in [0.15, 0.2) is 12.4 Å². The topological polar surface area (TPSA) is 100 Å². The van der Waals surface area contributed by atoms with E-state index in [0.29, 0.717) is 22.9 Å². The highest BCUT2D eigenvalue weighted by Gasteiger charge is 2.35. The number of hydrogen-bond donors (Lipinski definition) is 1. The van der Waals surface area contributed by atoms with Crippen molar-refractivity contribution in [2.24, 2.45) is 0 Å². The standard InChI is InChI=1S/C22H25ClN6O2/c1-12-19-13(2)27-29(22(19)26-11-25-12)14(3)16-7-18(23)17(8-24)20(21(16)31-4)15-9-28(10-15)5-6-30/h7,11,14-15,30H,5-6,9-10H2,1-4H3. The number of fused-ring (bicyclic) bond motifs is 1. The zero-order valence-electron chi connectivity index (χ0n) is 18.1. The molecule has 8 nitrogen and oxygen atoms in total. The van der Waals surface area contributed by atoms with Crippen molar-refractivity contribution in [3.05, 3.63) is 45.5 Å². The van der Waals surface area contributed by atoms with E-state index in [1.807, 2.05) is 25.5 Å². The summed E-state index contributed by atoms with van der Waals surface area (Å²) < 4.78 is 7.72. The minimum atomic E-state index is -0.224. The Kier molecular flexibility index (Phi) is 5.84. The predicted octanol–water partition coefficient (Wildman–Crippen LogP) is 2.98. The highest BCUT2D eigenvalue weighted by atomic mass is 35.5. The van der Waals surface area contributed by atoms with E-state index in [2.05, 4.69) is 20.9 Å². The second-order valence-electron chi connectivity index (χ2n) is 7.93. The molecule has 0 radical (unpaired) electrons. The van der Waals surface area contributed by atoms with Gasteiger partial charge in [0.25, 0.3) is 0 Å². The van der Waals surface area contributed by atoms with Crippen molar-refractivity contribution in [1.29, 1.82) is 5.26 Å². The van der Waals surface area contributed by atoms with Crippen LogP contribution < -0.4 is 4.74 Å². The fraction of sp³-hybridized carbons (Fsp3) is 0.455. The van der Waals surface area contributed by atoms with E-state index in [1.54, 1.807) is 19.5 Å². The van der Waals surface area contributed by atoms with Gasteiger partial charge in [0.1, 0.15) is 18.1 Å². The average molecular weight is 441 g/mol. The molecule has 9 heteroatoms. The number of aliphatic hydroxyl groups excluding tert-OH is 1. The smallest absolute Gasteiger partial charge is 0.162 e. The van der Waals surface area contributed by atoms with E-state index in [-0.39, 0.29) is 18.6 Å². The van der Waals surface area contributed by atoms with Crippen LogP contribution in [0.1, 0.15) is 47.0 Å². The SMILES string of the molecule is COc1c(C(C)n2nc(C)c3c(C)ncnc32)cc(Cl)c(C#N)c1C1CN(CCO)C1. The fourth-order valence-corrected chi connectivity index (χ4v) is 4.77. The molecule has 162 valence electrons. The first-order valence-electron chi connectivity index (χ1n) is 10.2. The van der Waals surface area contributed by atoms with Crippen LogP contribution in [0.25, 0.3) is 11.0 Å². The lowest BCUT2D eigenvalue weighted by molar-refractivity contribution is 0.114. The molecule has 1 atom stereocenters. The molecule has 2 aromatic heterocycles. The Morgan fingerprint density at radius 2 is 2.06 bits per heavy atom. The van der Waals surface area contributed by atoms with Crippen LogP contribution in [0.2, 0.25) is 5.02 Å². The number of hydrogen-bond acceptors (Lipinski definition) is 7. The van der Waals surface area contributed by atoms with Gasteiger partial charge >= 0.3 is 0 Å². The molecule has 1 aromatic carbocycles. The Morgan fingerprint density at radius 1 is 1.32 bits per heavy atom. The summed E-state index contributed by atoms with van der Waals surface area (Å²) in [6, 6.07) is 3.83.